The molecule has 4 heteroatoms. The fourth-order valence-electron chi connectivity index (χ4n) is 2.77. The SMILES string of the molecule is Cc1c(Cl)nc(C2CC2)nc1NC1CC1c1ccccc1. The third kappa shape index (κ3) is 2.62. The molecule has 0 radical (unpaired) electrons. The van der Waals surface area contributed by atoms with Gasteiger partial charge in [0.05, 0.1) is 0 Å². The number of rotatable bonds is 4. The molecular formula is C17H18ClN3. The molecular weight excluding hydrogens is 282 g/mol. The van der Waals surface area contributed by atoms with Crippen LogP contribution in [0.1, 0.15) is 48.0 Å². The standard InChI is InChI=1S/C17H18ClN3/c1-10-15(18)20-17(12-7-8-12)21-16(10)19-14-9-13(14)11-5-3-2-4-6-11/h2-6,12-14H,7-9H2,1H3,(H,19,20,21). The summed E-state index contributed by atoms with van der Waals surface area (Å²) in [5.74, 6) is 2.93. The molecule has 0 saturated heterocycles. The largest absolute Gasteiger partial charge is 0.366 e. The first-order chi connectivity index (χ1) is 10.2. The van der Waals surface area contributed by atoms with E-state index in [2.05, 4.69) is 40.6 Å². The molecule has 2 aromatic rings. The second-order valence-corrected chi connectivity index (χ2v) is 6.48. The molecule has 0 spiro atoms. The van der Waals surface area contributed by atoms with Crippen molar-refractivity contribution in [3.8, 4) is 0 Å². The summed E-state index contributed by atoms with van der Waals surface area (Å²) in [4.78, 5) is 9.11. The Morgan fingerprint density at radius 1 is 1.14 bits per heavy atom. The van der Waals surface area contributed by atoms with E-state index in [1.54, 1.807) is 0 Å². The van der Waals surface area contributed by atoms with Crippen LogP contribution in [0.5, 0.6) is 0 Å². The molecule has 0 aliphatic heterocycles. The van der Waals surface area contributed by atoms with Gasteiger partial charge in [-0.05, 0) is 31.7 Å². The van der Waals surface area contributed by atoms with Crippen molar-refractivity contribution in [2.45, 2.75) is 44.1 Å². The van der Waals surface area contributed by atoms with E-state index >= 15 is 0 Å². The Morgan fingerprint density at radius 2 is 1.90 bits per heavy atom. The van der Waals surface area contributed by atoms with E-state index in [0.29, 0.717) is 23.0 Å². The smallest absolute Gasteiger partial charge is 0.137 e. The molecule has 1 N–H and O–H groups in total. The summed E-state index contributed by atoms with van der Waals surface area (Å²) in [6.07, 6.45) is 3.54. The van der Waals surface area contributed by atoms with E-state index in [1.165, 1.54) is 18.4 Å². The Bertz CT molecular complexity index is 667. The van der Waals surface area contributed by atoms with Gasteiger partial charge < -0.3 is 5.32 Å². The Kier molecular flexibility index (Phi) is 3.11. The predicted octanol–water partition coefficient (Wildman–Crippen LogP) is 4.28. The quantitative estimate of drug-likeness (QED) is 0.856. The molecule has 2 atom stereocenters. The topological polar surface area (TPSA) is 37.8 Å². The Labute approximate surface area is 129 Å². The van der Waals surface area contributed by atoms with Gasteiger partial charge in [0.2, 0.25) is 0 Å². The maximum atomic E-state index is 6.26. The summed E-state index contributed by atoms with van der Waals surface area (Å²) < 4.78 is 0. The minimum absolute atomic E-state index is 0.462. The summed E-state index contributed by atoms with van der Waals surface area (Å²) in [6.45, 7) is 1.99. The van der Waals surface area contributed by atoms with Crippen LogP contribution in [0.15, 0.2) is 30.3 Å². The zero-order valence-electron chi connectivity index (χ0n) is 12.0. The molecule has 2 fully saturated rings. The van der Waals surface area contributed by atoms with Gasteiger partial charge in [-0.3, -0.25) is 0 Å². The minimum Gasteiger partial charge on any atom is -0.366 e. The first-order valence-corrected chi connectivity index (χ1v) is 7.95. The lowest BCUT2D eigenvalue weighted by molar-refractivity contribution is 0.907. The summed E-state index contributed by atoms with van der Waals surface area (Å²) in [5.41, 5.74) is 2.36. The maximum absolute atomic E-state index is 6.26. The lowest BCUT2D eigenvalue weighted by atomic mass is 10.1. The van der Waals surface area contributed by atoms with E-state index < -0.39 is 0 Å². The van der Waals surface area contributed by atoms with Gasteiger partial charge in [0.1, 0.15) is 16.8 Å². The molecule has 0 amide bonds. The third-order valence-electron chi connectivity index (χ3n) is 4.39. The summed E-state index contributed by atoms with van der Waals surface area (Å²) in [5, 5.41) is 4.15. The first-order valence-electron chi connectivity index (χ1n) is 7.58. The zero-order valence-corrected chi connectivity index (χ0v) is 12.8. The van der Waals surface area contributed by atoms with E-state index in [1.807, 2.05) is 6.92 Å². The molecule has 3 nitrogen and oxygen atoms in total. The molecule has 2 aliphatic carbocycles. The van der Waals surface area contributed by atoms with Gasteiger partial charge in [-0.15, -0.1) is 0 Å². The van der Waals surface area contributed by atoms with Crippen molar-refractivity contribution in [1.29, 1.82) is 0 Å². The minimum atomic E-state index is 0.462. The van der Waals surface area contributed by atoms with Crippen molar-refractivity contribution in [2.75, 3.05) is 5.32 Å². The van der Waals surface area contributed by atoms with Crippen molar-refractivity contribution in [2.24, 2.45) is 0 Å². The van der Waals surface area contributed by atoms with E-state index in [0.717, 1.165) is 23.6 Å². The monoisotopic (exact) mass is 299 g/mol. The van der Waals surface area contributed by atoms with Gasteiger partial charge in [-0.25, -0.2) is 9.97 Å². The average Bonchev–Trinajstić information content (AvgIpc) is 3.38. The van der Waals surface area contributed by atoms with Crippen LogP contribution in [0.4, 0.5) is 5.82 Å². The Morgan fingerprint density at radius 3 is 2.62 bits per heavy atom. The lowest BCUT2D eigenvalue weighted by Gasteiger charge is -2.11. The highest BCUT2D eigenvalue weighted by Crippen LogP contribution is 2.44. The normalized spacial score (nSPS) is 23.9. The van der Waals surface area contributed by atoms with Crippen LogP contribution in [0, 0.1) is 6.92 Å². The number of hydrogen-bond donors (Lipinski definition) is 1. The van der Waals surface area contributed by atoms with E-state index in [4.69, 9.17) is 16.6 Å². The molecule has 21 heavy (non-hydrogen) atoms. The van der Waals surface area contributed by atoms with Crippen LogP contribution >= 0.6 is 11.6 Å². The van der Waals surface area contributed by atoms with Gasteiger partial charge in [0.25, 0.3) is 0 Å². The number of nitrogens with one attached hydrogen (secondary N) is 1. The fraction of sp³-hybridized carbons (Fsp3) is 0.412. The second kappa shape index (κ2) is 4.99. The lowest BCUT2D eigenvalue weighted by Crippen LogP contribution is -2.10. The molecule has 0 bridgehead atoms. The van der Waals surface area contributed by atoms with Crippen LogP contribution in [0.3, 0.4) is 0 Å². The fourth-order valence-corrected chi connectivity index (χ4v) is 2.95. The number of hydrogen-bond acceptors (Lipinski definition) is 3. The van der Waals surface area contributed by atoms with E-state index in [9.17, 15) is 0 Å². The summed E-state index contributed by atoms with van der Waals surface area (Å²) in [6, 6.07) is 11.1. The Balaban J connectivity index is 1.53. The maximum Gasteiger partial charge on any atom is 0.137 e. The second-order valence-electron chi connectivity index (χ2n) is 6.12. The number of halogens is 1. The van der Waals surface area contributed by atoms with Crippen molar-refractivity contribution in [1.82, 2.24) is 9.97 Å². The van der Waals surface area contributed by atoms with Gasteiger partial charge in [-0.1, -0.05) is 41.9 Å². The highest BCUT2D eigenvalue weighted by Gasteiger charge is 2.39. The third-order valence-corrected chi connectivity index (χ3v) is 4.75. The molecule has 2 saturated carbocycles. The molecule has 1 aromatic carbocycles. The van der Waals surface area contributed by atoms with Crippen molar-refractivity contribution in [3.05, 3.63) is 52.4 Å². The molecule has 2 aliphatic rings. The van der Waals surface area contributed by atoms with Gasteiger partial charge in [-0.2, -0.15) is 0 Å². The van der Waals surface area contributed by atoms with Crippen molar-refractivity contribution < 1.29 is 0 Å². The number of benzene rings is 1. The average molecular weight is 300 g/mol. The van der Waals surface area contributed by atoms with Crippen LogP contribution < -0.4 is 5.32 Å². The first kappa shape index (κ1) is 13.1. The van der Waals surface area contributed by atoms with Gasteiger partial charge >= 0.3 is 0 Å². The Hall–Kier alpha value is -1.61. The molecule has 108 valence electrons. The van der Waals surface area contributed by atoms with Gasteiger partial charge in [0.15, 0.2) is 0 Å². The zero-order chi connectivity index (χ0) is 14.4. The van der Waals surface area contributed by atoms with E-state index in [-0.39, 0.29) is 0 Å². The van der Waals surface area contributed by atoms with Gasteiger partial charge in [0, 0.05) is 23.4 Å². The van der Waals surface area contributed by atoms with Crippen LogP contribution in [-0.4, -0.2) is 16.0 Å². The van der Waals surface area contributed by atoms with Crippen molar-refractivity contribution >= 4 is 17.4 Å². The van der Waals surface area contributed by atoms with Crippen LogP contribution in [0.25, 0.3) is 0 Å². The highest BCUT2D eigenvalue weighted by molar-refractivity contribution is 6.30. The van der Waals surface area contributed by atoms with Crippen LogP contribution in [-0.2, 0) is 0 Å². The molecule has 1 aromatic heterocycles. The number of anilines is 1. The molecule has 2 unspecified atom stereocenters. The molecule has 4 rings (SSSR count). The number of nitrogens with zero attached hydrogens (tertiary/aromatic N) is 2. The number of aromatic nitrogens is 2. The molecule has 1 heterocycles. The predicted molar refractivity (Wildman–Crippen MR) is 85.0 cm³/mol. The summed E-state index contributed by atoms with van der Waals surface area (Å²) >= 11 is 6.26. The van der Waals surface area contributed by atoms with Crippen molar-refractivity contribution in [3.63, 3.8) is 0 Å². The summed E-state index contributed by atoms with van der Waals surface area (Å²) in [7, 11) is 0. The van der Waals surface area contributed by atoms with Crippen LogP contribution in [0.2, 0.25) is 5.15 Å². The highest BCUT2D eigenvalue weighted by atomic mass is 35.5.